The number of hydrogen-bond donors (Lipinski definition) is 0. The predicted molar refractivity (Wildman–Crippen MR) is 80.6 cm³/mol. The minimum absolute atomic E-state index is 0.0458. The van der Waals surface area contributed by atoms with Gasteiger partial charge in [0.25, 0.3) is 0 Å². The van der Waals surface area contributed by atoms with Crippen LogP contribution in [0, 0.1) is 5.41 Å². The molecule has 0 N–H and O–H groups in total. The summed E-state index contributed by atoms with van der Waals surface area (Å²) in [6.45, 7) is 7.06. The van der Waals surface area contributed by atoms with Crippen LogP contribution in [0.4, 0.5) is 0 Å². The van der Waals surface area contributed by atoms with Crippen LogP contribution in [0.25, 0.3) is 0 Å². The van der Waals surface area contributed by atoms with Crippen LogP contribution < -0.4 is 4.74 Å². The van der Waals surface area contributed by atoms with Crippen molar-refractivity contribution in [3.8, 4) is 5.75 Å². The minimum atomic E-state index is 0.0458. The van der Waals surface area contributed by atoms with Crippen LogP contribution in [-0.4, -0.2) is 24.0 Å². The fraction of sp³-hybridized carbons (Fsp3) is 0.588. The molecule has 0 radical (unpaired) electrons. The molecule has 0 heterocycles. The summed E-state index contributed by atoms with van der Waals surface area (Å²) in [5.74, 6) is 1.13. The van der Waals surface area contributed by atoms with Gasteiger partial charge in [0.15, 0.2) is 0 Å². The third kappa shape index (κ3) is 4.26. The highest BCUT2D eigenvalue weighted by Gasteiger charge is 2.33. The van der Waals surface area contributed by atoms with Gasteiger partial charge < -0.3 is 9.64 Å². The van der Waals surface area contributed by atoms with E-state index in [0.29, 0.717) is 19.0 Å². The quantitative estimate of drug-likeness (QED) is 0.821. The Kier molecular flexibility index (Phi) is 4.36. The number of amides is 1. The van der Waals surface area contributed by atoms with Crippen molar-refractivity contribution in [3.05, 3.63) is 29.8 Å². The van der Waals surface area contributed by atoms with Crippen molar-refractivity contribution in [1.29, 1.82) is 0 Å². The number of ether oxygens (including phenoxy) is 1. The molecule has 1 aliphatic carbocycles. The lowest BCUT2D eigenvalue weighted by Gasteiger charge is -2.27. The second-order valence-electron chi connectivity index (χ2n) is 6.84. The molecule has 3 heteroatoms. The number of hydrogen-bond acceptors (Lipinski definition) is 2. The molecule has 0 unspecified atom stereocenters. The Morgan fingerprint density at radius 3 is 2.30 bits per heavy atom. The molecule has 1 aromatic rings. The van der Waals surface area contributed by atoms with Crippen molar-refractivity contribution < 1.29 is 9.53 Å². The molecule has 0 atom stereocenters. The van der Waals surface area contributed by atoms with Crippen LogP contribution in [0.5, 0.6) is 5.75 Å². The van der Waals surface area contributed by atoms with Crippen molar-refractivity contribution in [2.45, 2.75) is 52.6 Å². The number of carbonyl (C=O) groups excluding carboxylic acids is 1. The Bertz CT molecular complexity index is 455. The fourth-order valence-corrected chi connectivity index (χ4v) is 2.29. The molecular formula is C17H25NO2. The molecule has 20 heavy (non-hydrogen) atoms. The average molecular weight is 275 g/mol. The Morgan fingerprint density at radius 1 is 1.25 bits per heavy atom. The van der Waals surface area contributed by atoms with E-state index in [4.69, 9.17) is 4.74 Å². The van der Waals surface area contributed by atoms with Crippen molar-refractivity contribution in [3.63, 3.8) is 0 Å². The third-order valence-corrected chi connectivity index (χ3v) is 3.50. The molecule has 0 bridgehead atoms. The predicted octanol–water partition coefficient (Wildman–Crippen LogP) is 3.62. The molecule has 0 aliphatic heterocycles. The van der Waals surface area contributed by atoms with Gasteiger partial charge in [0.1, 0.15) is 5.75 Å². The van der Waals surface area contributed by atoms with E-state index < -0.39 is 0 Å². The molecule has 110 valence electrons. The van der Waals surface area contributed by atoms with E-state index in [1.807, 2.05) is 29.2 Å². The van der Waals surface area contributed by atoms with Crippen LogP contribution in [-0.2, 0) is 11.3 Å². The second-order valence-corrected chi connectivity index (χ2v) is 6.84. The molecule has 2 rings (SSSR count). The zero-order valence-electron chi connectivity index (χ0n) is 13.0. The van der Waals surface area contributed by atoms with Crippen molar-refractivity contribution in [1.82, 2.24) is 4.90 Å². The van der Waals surface area contributed by atoms with Crippen LogP contribution >= 0.6 is 0 Å². The van der Waals surface area contributed by atoms with Crippen molar-refractivity contribution in [2.75, 3.05) is 7.11 Å². The molecule has 0 saturated heterocycles. The zero-order valence-corrected chi connectivity index (χ0v) is 13.0. The molecule has 1 aromatic carbocycles. The maximum Gasteiger partial charge on any atom is 0.223 e. The normalized spacial score (nSPS) is 15.0. The number of rotatable bonds is 5. The Labute approximate surface area is 121 Å². The second kappa shape index (κ2) is 5.86. The van der Waals surface area contributed by atoms with E-state index >= 15 is 0 Å². The van der Waals surface area contributed by atoms with Gasteiger partial charge in [0, 0.05) is 19.0 Å². The van der Waals surface area contributed by atoms with Crippen LogP contribution in [0.3, 0.4) is 0 Å². The van der Waals surface area contributed by atoms with Gasteiger partial charge in [-0.3, -0.25) is 4.79 Å². The zero-order chi connectivity index (χ0) is 14.8. The van der Waals surface area contributed by atoms with E-state index in [1.54, 1.807) is 7.11 Å². The standard InChI is InChI=1S/C17H25NO2/c1-17(2,3)11-16(19)18(14-7-8-14)12-13-5-9-15(20-4)10-6-13/h5-6,9-10,14H,7-8,11-12H2,1-4H3. The molecule has 1 fully saturated rings. The molecule has 0 aromatic heterocycles. The minimum Gasteiger partial charge on any atom is -0.497 e. The number of methoxy groups -OCH3 is 1. The summed E-state index contributed by atoms with van der Waals surface area (Å²) < 4.78 is 5.17. The molecular weight excluding hydrogens is 250 g/mol. The van der Waals surface area contributed by atoms with Gasteiger partial charge in [-0.05, 0) is 36.0 Å². The summed E-state index contributed by atoms with van der Waals surface area (Å²) in [7, 11) is 1.67. The Hall–Kier alpha value is -1.51. The van der Waals surface area contributed by atoms with Crippen LogP contribution in [0.2, 0.25) is 0 Å². The van der Waals surface area contributed by atoms with E-state index in [0.717, 1.165) is 18.6 Å². The summed E-state index contributed by atoms with van der Waals surface area (Å²) in [5, 5.41) is 0. The third-order valence-electron chi connectivity index (χ3n) is 3.50. The van der Waals surface area contributed by atoms with Gasteiger partial charge in [-0.25, -0.2) is 0 Å². The SMILES string of the molecule is COc1ccc(CN(C(=O)CC(C)(C)C)C2CC2)cc1. The van der Waals surface area contributed by atoms with E-state index in [9.17, 15) is 4.79 Å². The van der Waals surface area contributed by atoms with Crippen LogP contribution in [0.15, 0.2) is 24.3 Å². The maximum absolute atomic E-state index is 12.5. The number of nitrogens with zero attached hydrogens (tertiary/aromatic N) is 1. The molecule has 3 nitrogen and oxygen atoms in total. The summed E-state index contributed by atoms with van der Waals surface area (Å²) in [5.41, 5.74) is 1.21. The lowest BCUT2D eigenvalue weighted by molar-refractivity contribution is -0.134. The van der Waals surface area contributed by atoms with E-state index in [2.05, 4.69) is 20.8 Å². The summed E-state index contributed by atoms with van der Waals surface area (Å²) >= 11 is 0. The van der Waals surface area contributed by atoms with Gasteiger partial charge in [0.05, 0.1) is 7.11 Å². The molecule has 1 aliphatic rings. The largest absolute Gasteiger partial charge is 0.497 e. The monoisotopic (exact) mass is 275 g/mol. The first-order valence-corrected chi connectivity index (χ1v) is 7.31. The van der Waals surface area contributed by atoms with Gasteiger partial charge in [-0.2, -0.15) is 0 Å². The molecule has 0 spiro atoms. The first kappa shape index (κ1) is 14.9. The highest BCUT2D eigenvalue weighted by atomic mass is 16.5. The Balaban J connectivity index is 2.03. The van der Waals surface area contributed by atoms with Gasteiger partial charge in [0.2, 0.25) is 5.91 Å². The highest BCUT2D eigenvalue weighted by Crippen LogP contribution is 2.31. The number of carbonyl (C=O) groups is 1. The molecule has 1 amide bonds. The van der Waals surface area contributed by atoms with Gasteiger partial charge in [-0.1, -0.05) is 32.9 Å². The first-order chi connectivity index (χ1) is 9.39. The molecule has 1 saturated carbocycles. The first-order valence-electron chi connectivity index (χ1n) is 7.31. The van der Waals surface area contributed by atoms with E-state index in [1.165, 1.54) is 5.56 Å². The lowest BCUT2D eigenvalue weighted by atomic mass is 9.91. The fourth-order valence-electron chi connectivity index (χ4n) is 2.29. The van der Waals surface area contributed by atoms with E-state index in [-0.39, 0.29) is 11.3 Å². The summed E-state index contributed by atoms with van der Waals surface area (Å²) in [6.07, 6.45) is 2.90. The maximum atomic E-state index is 12.5. The lowest BCUT2D eigenvalue weighted by Crippen LogP contribution is -2.34. The van der Waals surface area contributed by atoms with Crippen molar-refractivity contribution >= 4 is 5.91 Å². The average Bonchev–Trinajstić information content (AvgIpc) is 3.18. The van der Waals surface area contributed by atoms with Crippen LogP contribution in [0.1, 0.15) is 45.6 Å². The summed E-state index contributed by atoms with van der Waals surface area (Å²) in [4.78, 5) is 14.5. The van der Waals surface area contributed by atoms with Crippen molar-refractivity contribution in [2.24, 2.45) is 5.41 Å². The highest BCUT2D eigenvalue weighted by molar-refractivity contribution is 5.77. The number of benzene rings is 1. The van der Waals surface area contributed by atoms with Gasteiger partial charge >= 0.3 is 0 Å². The Morgan fingerprint density at radius 2 is 1.85 bits per heavy atom. The summed E-state index contributed by atoms with van der Waals surface area (Å²) in [6, 6.07) is 8.44. The topological polar surface area (TPSA) is 29.5 Å². The van der Waals surface area contributed by atoms with Gasteiger partial charge in [-0.15, -0.1) is 0 Å². The smallest absolute Gasteiger partial charge is 0.223 e.